The zero-order valence-electron chi connectivity index (χ0n) is 21.3. The van der Waals surface area contributed by atoms with Crippen molar-refractivity contribution in [3.05, 3.63) is 54.1 Å². The molecule has 0 bridgehead atoms. The van der Waals surface area contributed by atoms with E-state index in [1.54, 1.807) is 24.3 Å². The molecule has 34 heavy (non-hydrogen) atoms. The Bertz CT molecular complexity index is 831. The highest BCUT2D eigenvalue weighted by Gasteiger charge is 2.09. The number of rotatable bonds is 17. The lowest BCUT2D eigenvalue weighted by Gasteiger charge is -2.09. The summed E-state index contributed by atoms with van der Waals surface area (Å²) in [5.74, 6) is 0.921. The minimum absolute atomic E-state index is 0.304. The van der Waals surface area contributed by atoms with Crippen LogP contribution in [0.1, 0.15) is 95.3 Å². The summed E-state index contributed by atoms with van der Waals surface area (Å²) in [4.78, 5) is 12.1. The van der Waals surface area contributed by atoms with E-state index in [2.05, 4.69) is 31.0 Å². The highest BCUT2D eigenvalue weighted by molar-refractivity contribution is 5.89. The Morgan fingerprint density at radius 1 is 0.765 bits per heavy atom. The van der Waals surface area contributed by atoms with Crippen LogP contribution in [-0.2, 0) is 4.74 Å². The fourth-order valence-corrected chi connectivity index (χ4v) is 3.41. The number of hydrogen-bond donors (Lipinski definition) is 0. The van der Waals surface area contributed by atoms with Crippen molar-refractivity contribution in [2.24, 2.45) is 16.1 Å². The fourth-order valence-electron chi connectivity index (χ4n) is 3.41. The standard InChI is InChI=1S/C29H42N2O3/c1-4-6-7-8-9-10-11-12-13-22-33-28-20-18-27(19-21-28)31-30-26-16-14-25(15-17-26)29(32)34-23-24(3)5-2/h14-21,24H,4-13,22-23H2,1-3H3/t24-/m1/s1. The molecule has 0 amide bonds. The van der Waals surface area contributed by atoms with Crippen molar-refractivity contribution in [3.63, 3.8) is 0 Å². The Morgan fingerprint density at radius 2 is 1.29 bits per heavy atom. The maximum Gasteiger partial charge on any atom is 0.338 e. The van der Waals surface area contributed by atoms with Crippen molar-refractivity contribution >= 4 is 17.3 Å². The summed E-state index contributed by atoms with van der Waals surface area (Å²) in [6, 6.07) is 14.6. The van der Waals surface area contributed by atoms with Crippen molar-refractivity contribution in [2.75, 3.05) is 13.2 Å². The van der Waals surface area contributed by atoms with E-state index in [1.807, 2.05) is 24.3 Å². The second kappa shape index (κ2) is 16.9. The van der Waals surface area contributed by atoms with Gasteiger partial charge in [0, 0.05) is 0 Å². The molecular formula is C29H42N2O3. The van der Waals surface area contributed by atoms with Gasteiger partial charge in [-0.3, -0.25) is 0 Å². The summed E-state index contributed by atoms with van der Waals surface area (Å²) in [6.45, 7) is 7.60. The van der Waals surface area contributed by atoms with Crippen LogP contribution in [0.4, 0.5) is 11.4 Å². The molecule has 2 rings (SSSR count). The molecule has 1 atom stereocenters. The molecule has 5 heteroatoms. The van der Waals surface area contributed by atoms with Crippen LogP contribution in [0.3, 0.4) is 0 Å². The van der Waals surface area contributed by atoms with Crippen LogP contribution < -0.4 is 4.74 Å². The number of esters is 1. The van der Waals surface area contributed by atoms with Gasteiger partial charge in [0.15, 0.2) is 0 Å². The Labute approximate surface area is 206 Å². The summed E-state index contributed by atoms with van der Waals surface area (Å²) in [5, 5.41) is 8.53. The Morgan fingerprint density at radius 3 is 1.85 bits per heavy atom. The first-order valence-corrected chi connectivity index (χ1v) is 13.0. The average molecular weight is 467 g/mol. The third-order valence-electron chi connectivity index (χ3n) is 5.93. The fraction of sp³-hybridized carbons (Fsp3) is 0.552. The molecule has 0 N–H and O–H groups in total. The van der Waals surface area contributed by atoms with Crippen LogP contribution in [0.5, 0.6) is 5.75 Å². The van der Waals surface area contributed by atoms with Crippen LogP contribution in [0, 0.1) is 5.92 Å². The summed E-state index contributed by atoms with van der Waals surface area (Å²) in [6.07, 6.45) is 12.8. The molecule has 0 radical (unpaired) electrons. The van der Waals surface area contributed by atoms with Gasteiger partial charge >= 0.3 is 5.97 Å². The van der Waals surface area contributed by atoms with Crippen molar-refractivity contribution in [1.29, 1.82) is 0 Å². The molecule has 2 aromatic carbocycles. The van der Waals surface area contributed by atoms with Crippen molar-refractivity contribution in [3.8, 4) is 5.75 Å². The maximum absolute atomic E-state index is 12.1. The lowest BCUT2D eigenvalue weighted by atomic mass is 10.1. The first-order valence-electron chi connectivity index (χ1n) is 13.0. The molecule has 0 saturated heterocycles. The van der Waals surface area contributed by atoms with Gasteiger partial charge in [-0.25, -0.2) is 4.79 Å². The summed E-state index contributed by atoms with van der Waals surface area (Å²) in [7, 11) is 0. The van der Waals surface area contributed by atoms with E-state index >= 15 is 0 Å². The molecule has 5 nitrogen and oxygen atoms in total. The molecule has 2 aromatic rings. The lowest BCUT2D eigenvalue weighted by molar-refractivity contribution is 0.0447. The zero-order chi connectivity index (χ0) is 24.4. The van der Waals surface area contributed by atoms with Crippen molar-refractivity contribution < 1.29 is 14.3 Å². The SMILES string of the molecule is CCCCCCCCCCCOc1ccc(N=Nc2ccc(C(=O)OC[C@H](C)CC)cc2)cc1. The number of azo groups is 1. The highest BCUT2D eigenvalue weighted by atomic mass is 16.5. The van der Waals surface area contributed by atoms with Gasteiger partial charge in [0.2, 0.25) is 0 Å². The van der Waals surface area contributed by atoms with E-state index in [9.17, 15) is 4.79 Å². The molecule has 0 aromatic heterocycles. The molecule has 186 valence electrons. The monoisotopic (exact) mass is 466 g/mol. The van der Waals surface area contributed by atoms with Crippen LogP contribution in [0.2, 0.25) is 0 Å². The number of unbranched alkanes of at least 4 members (excludes halogenated alkanes) is 8. The number of hydrogen-bond acceptors (Lipinski definition) is 5. The van der Waals surface area contributed by atoms with E-state index in [0.717, 1.165) is 30.9 Å². The topological polar surface area (TPSA) is 60.2 Å². The van der Waals surface area contributed by atoms with Gasteiger partial charge in [-0.15, -0.1) is 0 Å². The Kier molecular flexibility index (Phi) is 13.7. The molecule has 0 spiro atoms. The molecule has 0 saturated carbocycles. The van der Waals surface area contributed by atoms with Gasteiger partial charge < -0.3 is 9.47 Å². The normalized spacial score (nSPS) is 12.1. The van der Waals surface area contributed by atoms with Crippen molar-refractivity contribution in [2.45, 2.75) is 85.0 Å². The average Bonchev–Trinajstić information content (AvgIpc) is 2.88. The van der Waals surface area contributed by atoms with E-state index in [0.29, 0.717) is 23.8 Å². The molecule has 0 heterocycles. The largest absolute Gasteiger partial charge is 0.494 e. The highest BCUT2D eigenvalue weighted by Crippen LogP contribution is 2.22. The molecule has 0 fully saturated rings. The lowest BCUT2D eigenvalue weighted by Crippen LogP contribution is -2.11. The van der Waals surface area contributed by atoms with E-state index in [1.165, 1.54) is 51.4 Å². The van der Waals surface area contributed by atoms with Crippen molar-refractivity contribution in [1.82, 2.24) is 0 Å². The van der Waals surface area contributed by atoms with Gasteiger partial charge in [-0.1, -0.05) is 78.6 Å². The predicted molar refractivity (Wildman–Crippen MR) is 140 cm³/mol. The molecule has 0 unspecified atom stereocenters. The summed E-state index contributed by atoms with van der Waals surface area (Å²) in [5.41, 5.74) is 1.97. The number of carbonyl (C=O) groups is 1. The minimum Gasteiger partial charge on any atom is -0.494 e. The minimum atomic E-state index is -0.304. The Hall–Kier alpha value is -2.69. The first-order chi connectivity index (χ1) is 16.6. The third-order valence-corrected chi connectivity index (χ3v) is 5.93. The second-order valence-electron chi connectivity index (χ2n) is 9.03. The molecule has 0 aliphatic heterocycles. The first kappa shape index (κ1) is 27.6. The van der Waals surface area contributed by atoms with Gasteiger partial charge in [0.1, 0.15) is 5.75 Å². The quantitative estimate of drug-likeness (QED) is 0.133. The predicted octanol–water partition coefficient (Wildman–Crippen LogP) is 9.21. The molecule has 0 aliphatic rings. The second-order valence-corrected chi connectivity index (χ2v) is 9.03. The van der Waals surface area contributed by atoms with Crippen LogP contribution in [0.15, 0.2) is 58.8 Å². The zero-order valence-corrected chi connectivity index (χ0v) is 21.3. The van der Waals surface area contributed by atoms with Crippen LogP contribution in [0.25, 0.3) is 0 Å². The Balaban J connectivity index is 1.66. The van der Waals surface area contributed by atoms with Crippen LogP contribution in [-0.4, -0.2) is 19.2 Å². The van der Waals surface area contributed by atoms with E-state index in [4.69, 9.17) is 9.47 Å². The number of carbonyl (C=O) groups excluding carboxylic acids is 1. The number of benzene rings is 2. The smallest absolute Gasteiger partial charge is 0.338 e. The van der Waals surface area contributed by atoms with Gasteiger partial charge in [0.05, 0.1) is 30.2 Å². The molecule has 0 aliphatic carbocycles. The van der Waals surface area contributed by atoms with Gasteiger partial charge in [-0.05, 0) is 60.9 Å². The number of ether oxygens (including phenoxy) is 2. The van der Waals surface area contributed by atoms with E-state index in [-0.39, 0.29) is 5.97 Å². The van der Waals surface area contributed by atoms with Gasteiger partial charge in [0.25, 0.3) is 0 Å². The van der Waals surface area contributed by atoms with E-state index < -0.39 is 0 Å². The summed E-state index contributed by atoms with van der Waals surface area (Å²) < 4.78 is 11.2. The van der Waals surface area contributed by atoms with Gasteiger partial charge in [-0.2, -0.15) is 10.2 Å². The maximum atomic E-state index is 12.1. The number of nitrogens with zero attached hydrogens (tertiary/aromatic N) is 2. The molecular weight excluding hydrogens is 424 g/mol. The summed E-state index contributed by atoms with van der Waals surface area (Å²) >= 11 is 0. The van der Waals surface area contributed by atoms with Crippen LogP contribution >= 0.6 is 0 Å². The third kappa shape index (κ3) is 11.4.